The van der Waals surface area contributed by atoms with Crippen molar-refractivity contribution >= 4 is 23.4 Å². The van der Waals surface area contributed by atoms with Gasteiger partial charge in [-0.15, -0.1) is 0 Å². The van der Waals surface area contributed by atoms with Crippen molar-refractivity contribution in [3.8, 4) is 0 Å². The fourth-order valence-corrected chi connectivity index (χ4v) is 4.18. The molecule has 0 saturated carbocycles. The molecule has 2 fully saturated rings. The van der Waals surface area contributed by atoms with Crippen LogP contribution in [0.1, 0.15) is 29.8 Å². The highest BCUT2D eigenvalue weighted by molar-refractivity contribution is 6.07. The van der Waals surface area contributed by atoms with Crippen LogP contribution in [0.3, 0.4) is 0 Å². The largest absolute Gasteiger partial charge is 0.360 e. The number of carbonyl (C=O) groups excluding carboxylic acids is 3. The molecule has 2 aromatic carbocycles. The summed E-state index contributed by atoms with van der Waals surface area (Å²) in [5.41, 5.74) is 1.58. The van der Waals surface area contributed by atoms with Crippen LogP contribution in [0.2, 0.25) is 0 Å². The molecule has 2 aromatic rings. The molecule has 156 valence electrons. The van der Waals surface area contributed by atoms with Crippen LogP contribution in [0, 0.1) is 0 Å². The van der Waals surface area contributed by atoms with Gasteiger partial charge in [-0.2, -0.15) is 0 Å². The van der Waals surface area contributed by atoms with Gasteiger partial charge in [0.15, 0.2) is 12.5 Å². The summed E-state index contributed by atoms with van der Waals surface area (Å²) in [4.78, 5) is 41.9. The van der Waals surface area contributed by atoms with Crippen LogP contribution in [0.15, 0.2) is 54.6 Å². The number of benzene rings is 2. The third kappa shape index (κ3) is 3.68. The van der Waals surface area contributed by atoms with Gasteiger partial charge in [0.05, 0.1) is 26.2 Å². The Hall–Kier alpha value is -3.19. The third-order valence-electron chi connectivity index (χ3n) is 6.12. The fraction of sp³-hybridized carbons (Fsp3) is 0.348. The van der Waals surface area contributed by atoms with E-state index in [-0.39, 0.29) is 17.7 Å². The SMILES string of the molecule is CC(=O)c1ccc(N2CC[NH+](CN3C(=O)N[C@@](C)(c4ccccc4)C3=O)CC2)cc1. The molecule has 7 nitrogen and oxygen atoms in total. The van der Waals surface area contributed by atoms with E-state index in [9.17, 15) is 14.4 Å². The number of amides is 3. The highest BCUT2D eigenvalue weighted by atomic mass is 16.2. The molecule has 2 aliphatic rings. The maximum Gasteiger partial charge on any atom is 0.329 e. The van der Waals surface area contributed by atoms with Gasteiger partial charge < -0.3 is 15.1 Å². The number of carbonyl (C=O) groups is 3. The van der Waals surface area contributed by atoms with E-state index in [2.05, 4.69) is 10.2 Å². The Bertz CT molecular complexity index is 952. The Morgan fingerprint density at radius 3 is 2.27 bits per heavy atom. The predicted octanol–water partition coefficient (Wildman–Crippen LogP) is 1.02. The number of nitrogens with one attached hydrogen (secondary N) is 2. The van der Waals surface area contributed by atoms with E-state index < -0.39 is 5.54 Å². The van der Waals surface area contributed by atoms with Crippen molar-refractivity contribution in [1.29, 1.82) is 0 Å². The number of rotatable bonds is 5. The summed E-state index contributed by atoms with van der Waals surface area (Å²) in [6.07, 6.45) is 0. The number of Topliss-reactive ketones (excluding diaryl/α,β-unsaturated/α-hetero) is 1. The van der Waals surface area contributed by atoms with Gasteiger partial charge >= 0.3 is 6.03 Å². The summed E-state index contributed by atoms with van der Waals surface area (Å²) < 4.78 is 0. The number of hydrogen-bond donors (Lipinski definition) is 2. The zero-order valence-corrected chi connectivity index (χ0v) is 17.4. The second-order valence-corrected chi connectivity index (χ2v) is 8.15. The number of quaternary nitrogens is 1. The quantitative estimate of drug-likeness (QED) is 0.573. The van der Waals surface area contributed by atoms with Crippen molar-refractivity contribution in [2.45, 2.75) is 19.4 Å². The fourth-order valence-electron chi connectivity index (χ4n) is 4.18. The lowest BCUT2D eigenvalue weighted by atomic mass is 9.92. The minimum atomic E-state index is -1.02. The first kappa shape index (κ1) is 20.1. The Balaban J connectivity index is 1.37. The molecular formula is C23H27N4O3+. The highest BCUT2D eigenvalue weighted by Gasteiger charge is 2.50. The Labute approximate surface area is 176 Å². The van der Waals surface area contributed by atoms with E-state index in [0.717, 1.165) is 37.4 Å². The molecule has 0 spiro atoms. The van der Waals surface area contributed by atoms with E-state index in [1.807, 2.05) is 54.6 Å². The summed E-state index contributed by atoms with van der Waals surface area (Å²) in [5, 5.41) is 2.87. The van der Waals surface area contributed by atoms with Gasteiger partial charge in [0.1, 0.15) is 5.54 Å². The minimum Gasteiger partial charge on any atom is -0.360 e. The van der Waals surface area contributed by atoms with Crippen LogP contribution in [0.25, 0.3) is 0 Å². The molecule has 4 rings (SSSR count). The molecule has 1 atom stereocenters. The standard InChI is InChI=1S/C23H26N4O3/c1-17(28)18-8-10-20(11-9-18)26-14-12-25(13-15-26)16-27-21(29)23(2,24-22(27)30)19-6-4-3-5-7-19/h3-11H,12-16H2,1-2H3,(H,24,30)/p+1/t23-/m0/s1. The average molecular weight is 407 g/mol. The monoisotopic (exact) mass is 407 g/mol. The van der Waals surface area contributed by atoms with Crippen molar-refractivity contribution < 1.29 is 19.3 Å². The molecular weight excluding hydrogens is 380 g/mol. The molecule has 30 heavy (non-hydrogen) atoms. The Morgan fingerprint density at radius 1 is 1.03 bits per heavy atom. The van der Waals surface area contributed by atoms with Crippen LogP contribution in [-0.4, -0.2) is 55.5 Å². The summed E-state index contributed by atoms with van der Waals surface area (Å²) in [6, 6.07) is 16.7. The molecule has 2 saturated heterocycles. The van der Waals surface area contributed by atoms with Gasteiger partial charge in [0, 0.05) is 11.3 Å². The third-order valence-corrected chi connectivity index (χ3v) is 6.12. The molecule has 0 aromatic heterocycles. The second-order valence-electron chi connectivity index (χ2n) is 8.15. The molecule has 2 aliphatic heterocycles. The maximum absolute atomic E-state index is 13.1. The first-order chi connectivity index (χ1) is 14.4. The highest BCUT2D eigenvalue weighted by Crippen LogP contribution is 2.28. The lowest BCUT2D eigenvalue weighted by Crippen LogP contribution is -3.16. The average Bonchev–Trinajstić information content (AvgIpc) is 2.99. The summed E-state index contributed by atoms with van der Waals surface area (Å²) >= 11 is 0. The minimum absolute atomic E-state index is 0.0619. The van der Waals surface area contributed by atoms with E-state index >= 15 is 0 Å². The van der Waals surface area contributed by atoms with Gasteiger partial charge in [0.2, 0.25) is 0 Å². The molecule has 7 heteroatoms. The molecule has 3 amide bonds. The molecule has 0 radical (unpaired) electrons. The van der Waals surface area contributed by atoms with E-state index in [0.29, 0.717) is 12.2 Å². The zero-order chi connectivity index (χ0) is 21.3. The normalized spacial score (nSPS) is 22.3. The molecule has 2 heterocycles. The molecule has 0 aliphatic carbocycles. The first-order valence-corrected chi connectivity index (χ1v) is 10.3. The molecule has 0 unspecified atom stereocenters. The zero-order valence-electron chi connectivity index (χ0n) is 17.4. The van der Waals surface area contributed by atoms with Crippen molar-refractivity contribution in [3.05, 3.63) is 65.7 Å². The predicted molar refractivity (Wildman–Crippen MR) is 113 cm³/mol. The molecule has 0 bridgehead atoms. The van der Waals surface area contributed by atoms with Crippen LogP contribution >= 0.6 is 0 Å². The topological polar surface area (TPSA) is 74.2 Å². The van der Waals surface area contributed by atoms with Gasteiger partial charge in [-0.1, -0.05) is 30.3 Å². The molecule has 2 N–H and O–H groups in total. The lowest BCUT2D eigenvalue weighted by molar-refractivity contribution is -0.907. The second kappa shape index (κ2) is 7.91. The summed E-state index contributed by atoms with van der Waals surface area (Å²) in [5.74, 6) is -0.139. The van der Waals surface area contributed by atoms with Crippen LogP contribution in [0.4, 0.5) is 10.5 Å². The van der Waals surface area contributed by atoms with Gasteiger partial charge in [-0.05, 0) is 43.7 Å². The number of nitrogens with zero attached hydrogens (tertiary/aromatic N) is 2. The van der Waals surface area contributed by atoms with Crippen molar-refractivity contribution in [2.24, 2.45) is 0 Å². The number of urea groups is 1. The Morgan fingerprint density at radius 2 is 1.67 bits per heavy atom. The van der Waals surface area contributed by atoms with Gasteiger partial charge in [0.25, 0.3) is 5.91 Å². The lowest BCUT2D eigenvalue weighted by Gasteiger charge is -2.34. The number of anilines is 1. The van der Waals surface area contributed by atoms with E-state index in [1.54, 1.807) is 13.8 Å². The number of hydrogen-bond acceptors (Lipinski definition) is 4. The summed E-state index contributed by atoms with van der Waals surface area (Å²) in [7, 11) is 0. The summed E-state index contributed by atoms with van der Waals surface area (Å²) in [6.45, 7) is 7.00. The smallest absolute Gasteiger partial charge is 0.329 e. The van der Waals surface area contributed by atoms with Crippen LogP contribution in [0.5, 0.6) is 0 Å². The van der Waals surface area contributed by atoms with E-state index in [1.165, 1.54) is 9.80 Å². The Kier molecular flexibility index (Phi) is 5.30. The van der Waals surface area contributed by atoms with Crippen LogP contribution in [-0.2, 0) is 10.3 Å². The van der Waals surface area contributed by atoms with Gasteiger partial charge in [-0.3, -0.25) is 9.59 Å². The van der Waals surface area contributed by atoms with E-state index in [4.69, 9.17) is 0 Å². The number of imide groups is 1. The number of piperazine rings is 1. The maximum atomic E-state index is 13.1. The van der Waals surface area contributed by atoms with Crippen molar-refractivity contribution in [1.82, 2.24) is 10.2 Å². The van der Waals surface area contributed by atoms with Gasteiger partial charge in [-0.25, -0.2) is 9.69 Å². The number of ketones is 1. The van der Waals surface area contributed by atoms with Crippen LogP contribution < -0.4 is 15.1 Å². The first-order valence-electron chi connectivity index (χ1n) is 10.3. The van der Waals surface area contributed by atoms with Crippen molar-refractivity contribution in [3.63, 3.8) is 0 Å². The van der Waals surface area contributed by atoms with Crippen molar-refractivity contribution in [2.75, 3.05) is 37.7 Å².